The maximum atomic E-state index is 12.5. The summed E-state index contributed by atoms with van der Waals surface area (Å²) < 4.78 is 16.3. The van der Waals surface area contributed by atoms with E-state index in [1.54, 1.807) is 45.4 Å². The molecule has 26 heavy (non-hydrogen) atoms. The molecule has 0 fully saturated rings. The molecule has 0 aliphatic carbocycles. The highest BCUT2D eigenvalue weighted by Crippen LogP contribution is 2.31. The van der Waals surface area contributed by atoms with Crippen molar-refractivity contribution < 1.29 is 19.0 Å². The first-order valence-corrected chi connectivity index (χ1v) is 8.80. The molecule has 5 nitrogen and oxygen atoms in total. The molecule has 2 rings (SSSR count). The van der Waals surface area contributed by atoms with Crippen LogP contribution in [-0.4, -0.2) is 26.2 Å². The maximum absolute atomic E-state index is 12.5. The fourth-order valence-corrected chi connectivity index (χ4v) is 2.68. The van der Waals surface area contributed by atoms with Crippen molar-refractivity contribution in [2.45, 2.75) is 32.4 Å². The van der Waals surface area contributed by atoms with E-state index in [0.717, 1.165) is 12.0 Å². The van der Waals surface area contributed by atoms with E-state index in [0.29, 0.717) is 22.3 Å². The predicted octanol–water partition coefficient (Wildman–Crippen LogP) is 4.39. The Balaban J connectivity index is 2.06. The van der Waals surface area contributed by atoms with Gasteiger partial charge in [-0.15, -0.1) is 0 Å². The van der Waals surface area contributed by atoms with E-state index in [1.165, 1.54) is 0 Å². The summed E-state index contributed by atoms with van der Waals surface area (Å²) in [6.45, 7) is 3.72. The second-order valence-corrected chi connectivity index (χ2v) is 6.23. The van der Waals surface area contributed by atoms with Gasteiger partial charge in [0.15, 0.2) is 17.6 Å². The molecule has 2 atom stereocenters. The zero-order valence-electron chi connectivity index (χ0n) is 15.4. The van der Waals surface area contributed by atoms with Gasteiger partial charge in [0.2, 0.25) is 0 Å². The van der Waals surface area contributed by atoms with Crippen LogP contribution in [0.1, 0.15) is 31.9 Å². The Morgan fingerprint density at radius 3 is 2.31 bits per heavy atom. The summed E-state index contributed by atoms with van der Waals surface area (Å²) in [5.74, 6) is 1.68. The van der Waals surface area contributed by atoms with Gasteiger partial charge in [-0.2, -0.15) is 0 Å². The molecule has 0 radical (unpaired) electrons. The van der Waals surface area contributed by atoms with Crippen molar-refractivity contribution in [3.8, 4) is 17.2 Å². The number of rotatable bonds is 8. The smallest absolute Gasteiger partial charge is 0.261 e. The lowest BCUT2D eigenvalue weighted by atomic mass is 10.0. The van der Waals surface area contributed by atoms with Crippen molar-refractivity contribution in [1.29, 1.82) is 0 Å². The third-order valence-corrected chi connectivity index (χ3v) is 4.28. The van der Waals surface area contributed by atoms with Crippen molar-refractivity contribution in [3.63, 3.8) is 0 Å². The average Bonchev–Trinajstić information content (AvgIpc) is 2.67. The lowest BCUT2D eigenvalue weighted by Gasteiger charge is -2.22. The summed E-state index contributed by atoms with van der Waals surface area (Å²) in [6.07, 6.45) is 0.0971. The van der Waals surface area contributed by atoms with Gasteiger partial charge >= 0.3 is 0 Å². The third kappa shape index (κ3) is 5.05. The van der Waals surface area contributed by atoms with Crippen LogP contribution in [0.25, 0.3) is 0 Å². The molecule has 0 bridgehead atoms. The number of benzene rings is 2. The number of hydrogen-bond acceptors (Lipinski definition) is 4. The highest BCUT2D eigenvalue weighted by molar-refractivity contribution is 6.30. The Morgan fingerprint density at radius 1 is 1.08 bits per heavy atom. The largest absolute Gasteiger partial charge is 0.493 e. The van der Waals surface area contributed by atoms with Gasteiger partial charge in [0.05, 0.1) is 20.3 Å². The van der Waals surface area contributed by atoms with Crippen LogP contribution in [-0.2, 0) is 4.79 Å². The van der Waals surface area contributed by atoms with Gasteiger partial charge in [0.1, 0.15) is 5.75 Å². The van der Waals surface area contributed by atoms with Gasteiger partial charge < -0.3 is 19.5 Å². The standard InChI is InChI=1S/C20H24ClNO4/c1-5-17(14-6-11-18(24-3)19(12-14)25-4)22-20(23)13(2)26-16-9-7-15(21)8-10-16/h6-13,17H,5H2,1-4H3,(H,22,23)/t13-,17-/m1/s1. The Hall–Kier alpha value is -2.40. The third-order valence-electron chi connectivity index (χ3n) is 4.03. The molecule has 2 aromatic carbocycles. The SMILES string of the molecule is CC[C@@H](NC(=O)[C@@H](C)Oc1ccc(Cl)cc1)c1ccc(OC)c(OC)c1. The Morgan fingerprint density at radius 2 is 1.73 bits per heavy atom. The van der Waals surface area contributed by atoms with Gasteiger partial charge in [-0.05, 0) is 55.3 Å². The number of nitrogens with one attached hydrogen (secondary N) is 1. The number of halogens is 1. The van der Waals surface area contributed by atoms with Crippen molar-refractivity contribution in [2.24, 2.45) is 0 Å². The van der Waals surface area contributed by atoms with E-state index < -0.39 is 6.10 Å². The van der Waals surface area contributed by atoms with E-state index in [4.69, 9.17) is 25.8 Å². The average molecular weight is 378 g/mol. The fourth-order valence-electron chi connectivity index (χ4n) is 2.55. The molecule has 0 aliphatic rings. The first-order valence-electron chi connectivity index (χ1n) is 8.43. The normalized spacial score (nSPS) is 12.8. The minimum Gasteiger partial charge on any atom is -0.493 e. The number of hydrogen-bond donors (Lipinski definition) is 1. The summed E-state index contributed by atoms with van der Waals surface area (Å²) in [5, 5.41) is 3.64. The van der Waals surface area contributed by atoms with Crippen molar-refractivity contribution >= 4 is 17.5 Å². The Kier molecular flexibility index (Phi) is 7.16. The number of carbonyl (C=O) groups excluding carboxylic acids is 1. The van der Waals surface area contributed by atoms with E-state index in [1.807, 2.05) is 25.1 Å². The van der Waals surface area contributed by atoms with E-state index in [9.17, 15) is 4.79 Å². The van der Waals surface area contributed by atoms with Crippen LogP contribution < -0.4 is 19.5 Å². The first-order chi connectivity index (χ1) is 12.5. The molecule has 0 unspecified atom stereocenters. The van der Waals surface area contributed by atoms with Crippen LogP contribution in [0.4, 0.5) is 0 Å². The minimum absolute atomic E-state index is 0.154. The quantitative estimate of drug-likeness (QED) is 0.741. The molecule has 0 aliphatic heterocycles. The van der Waals surface area contributed by atoms with E-state index in [-0.39, 0.29) is 11.9 Å². The van der Waals surface area contributed by atoms with Crippen LogP contribution in [0, 0.1) is 0 Å². The molecule has 0 saturated carbocycles. The molecule has 0 saturated heterocycles. The fraction of sp³-hybridized carbons (Fsp3) is 0.350. The van der Waals surface area contributed by atoms with Gasteiger partial charge in [0, 0.05) is 5.02 Å². The monoisotopic (exact) mass is 377 g/mol. The van der Waals surface area contributed by atoms with E-state index in [2.05, 4.69) is 5.32 Å². The lowest BCUT2D eigenvalue weighted by molar-refractivity contribution is -0.128. The van der Waals surface area contributed by atoms with Crippen LogP contribution in [0.2, 0.25) is 5.02 Å². The molecule has 2 aromatic rings. The molecule has 0 heterocycles. The van der Waals surface area contributed by atoms with Crippen LogP contribution in [0.5, 0.6) is 17.2 Å². The molecular weight excluding hydrogens is 354 g/mol. The summed E-state index contributed by atoms with van der Waals surface area (Å²) >= 11 is 5.86. The van der Waals surface area contributed by atoms with Crippen LogP contribution in [0.15, 0.2) is 42.5 Å². The number of amides is 1. The van der Waals surface area contributed by atoms with Crippen LogP contribution in [0.3, 0.4) is 0 Å². The molecular formula is C20H24ClNO4. The number of carbonyl (C=O) groups is 1. The van der Waals surface area contributed by atoms with E-state index >= 15 is 0 Å². The summed E-state index contributed by atoms with van der Waals surface area (Å²) in [7, 11) is 3.18. The number of ether oxygens (including phenoxy) is 3. The molecule has 1 N–H and O–H groups in total. The van der Waals surface area contributed by atoms with Crippen molar-refractivity contribution in [1.82, 2.24) is 5.32 Å². The molecule has 6 heteroatoms. The zero-order chi connectivity index (χ0) is 19.1. The van der Waals surface area contributed by atoms with Crippen molar-refractivity contribution in [3.05, 3.63) is 53.1 Å². The Labute approximate surface area is 159 Å². The lowest BCUT2D eigenvalue weighted by Crippen LogP contribution is -2.38. The van der Waals surface area contributed by atoms with Gasteiger partial charge in [-0.1, -0.05) is 24.6 Å². The van der Waals surface area contributed by atoms with Gasteiger partial charge in [-0.25, -0.2) is 0 Å². The predicted molar refractivity (Wildman–Crippen MR) is 102 cm³/mol. The van der Waals surface area contributed by atoms with Gasteiger partial charge in [0.25, 0.3) is 5.91 Å². The second kappa shape index (κ2) is 9.34. The topological polar surface area (TPSA) is 56.8 Å². The molecule has 0 aromatic heterocycles. The first kappa shape index (κ1) is 19.9. The maximum Gasteiger partial charge on any atom is 0.261 e. The molecule has 0 spiro atoms. The summed E-state index contributed by atoms with van der Waals surface area (Å²) in [4.78, 5) is 12.5. The zero-order valence-corrected chi connectivity index (χ0v) is 16.2. The van der Waals surface area contributed by atoms with Gasteiger partial charge in [-0.3, -0.25) is 4.79 Å². The highest BCUT2D eigenvalue weighted by Gasteiger charge is 2.20. The Bertz CT molecular complexity index is 733. The summed E-state index contributed by atoms with van der Waals surface area (Å²) in [5.41, 5.74) is 0.942. The molecule has 1 amide bonds. The van der Waals surface area contributed by atoms with Crippen LogP contribution >= 0.6 is 11.6 Å². The number of methoxy groups -OCH3 is 2. The molecule has 140 valence electrons. The minimum atomic E-state index is -0.634. The highest BCUT2D eigenvalue weighted by atomic mass is 35.5. The summed E-state index contributed by atoms with van der Waals surface area (Å²) in [6, 6.07) is 12.4. The van der Waals surface area contributed by atoms with Crippen molar-refractivity contribution in [2.75, 3.05) is 14.2 Å². The second-order valence-electron chi connectivity index (χ2n) is 5.80.